The summed E-state index contributed by atoms with van der Waals surface area (Å²) < 4.78 is 11.1. The molecule has 0 amide bonds. The van der Waals surface area contributed by atoms with Gasteiger partial charge in [-0.05, 0) is 42.7 Å². The summed E-state index contributed by atoms with van der Waals surface area (Å²) in [6.45, 7) is 7.59. The smallest absolute Gasteiger partial charge is 0.137 e. The van der Waals surface area contributed by atoms with Crippen molar-refractivity contribution >= 4 is 22.5 Å². The Morgan fingerprint density at radius 2 is 1.93 bits per heavy atom. The molecule has 0 bridgehead atoms. The average Bonchev–Trinajstić information content (AvgIpc) is 3.08. The molecule has 28 heavy (non-hydrogen) atoms. The predicted octanol–water partition coefficient (Wildman–Crippen LogP) is 6.15. The molecule has 4 nitrogen and oxygen atoms in total. The van der Waals surface area contributed by atoms with Gasteiger partial charge in [-0.3, -0.25) is 0 Å². The van der Waals surface area contributed by atoms with E-state index in [-0.39, 0.29) is 11.8 Å². The number of halogens is 1. The first kappa shape index (κ1) is 20.3. The highest BCUT2D eigenvalue weighted by molar-refractivity contribution is 6.32. The lowest BCUT2D eigenvalue weighted by Crippen LogP contribution is -2.08. The third kappa shape index (κ3) is 3.87. The van der Waals surface area contributed by atoms with Crippen LogP contribution < -0.4 is 4.74 Å². The largest absolute Gasteiger partial charge is 0.495 e. The van der Waals surface area contributed by atoms with Crippen LogP contribution in [0.15, 0.2) is 36.4 Å². The highest BCUT2D eigenvalue weighted by Crippen LogP contribution is 2.39. The number of nitrogens with zero attached hydrogens (tertiary/aromatic N) is 1. The fourth-order valence-electron chi connectivity index (χ4n) is 3.59. The van der Waals surface area contributed by atoms with Gasteiger partial charge in [-0.15, -0.1) is 0 Å². The van der Waals surface area contributed by atoms with E-state index in [0.717, 1.165) is 27.7 Å². The summed E-state index contributed by atoms with van der Waals surface area (Å²) in [5.41, 5.74) is 5.07. The van der Waals surface area contributed by atoms with Gasteiger partial charge in [0.15, 0.2) is 0 Å². The fraction of sp³-hybridized carbons (Fsp3) is 0.348. The predicted molar refractivity (Wildman–Crippen MR) is 113 cm³/mol. The van der Waals surface area contributed by atoms with Gasteiger partial charge in [-0.1, -0.05) is 37.6 Å². The Bertz CT molecular complexity index is 1020. The maximum Gasteiger partial charge on any atom is 0.137 e. The Morgan fingerprint density at radius 3 is 2.61 bits per heavy atom. The maximum absolute atomic E-state index is 9.22. The van der Waals surface area contributed by atoms with E-state index >= 15 is 0 Å². The van der Waals surface area contributed by atoms with Gasteiger partial charge in [-0.25, -0.2) is 0 Å². The molecular weight excluding hydrogens is 372 g/mol. The summed E-state index contributed by atoms with van der Waals surface area (Å²) in [4.78, 5) is 3.55. The highest BCUT2D eigenvalue weighted by Gasteiger charge is 2.23. The molecule has 0 saturated heterocycles. The zero-order valence-electron chi connectivity index (χ0n) is 16.7. The number of hydrogen-bond donors (Lipinski definition) is 1. The van der Waals surface area contributed by atoms with Gasteiger partial charge in [-0.2, -0.15) is 5.26 Å². The second-order valence-corrected chi connectivity index (χ2v) is 7.41. The molecule has 2 unspecified atom stereocenters. The van der Waals surface area contributed by atoms with Crippen LogP contribution >= 0.6 is 11.6 Å². The first-order valence-electron chi connectivity index (χ1n) is 9.45. The molecule has 1 aromatic heterocycles. The molecule has 0 spiro atoms. The molecule has 1 heterocycles. The number of hydrogen-bond acceptors (Lipinski definition) is 3. The van der Waals surface area contributed by atoms with Gasteiger partial charge in [0.25, 0.3) is 0 Å². The van der Waals surface area contributed by atoms with E-state index < -0.39 is 0 Å². The molecule has 146 valence electrons. The van der Waals surface area contributed by atoms with Crippen LogP contribution in [0.2, 0.25) is 5.02 Å². The molecule has 0 aliphatic heterocycles. The minimum Gasteiger partial charge on any atom is -0.495 e. The third-order valence-corrected chi connectivity index (χ3v) is 5.74. The summed E-state index contributed by atoms with van der Waals surface area (Å²) in [7, 11) is 1.63. The van der Waals surface area contributed by atoms with Gasteiger partial charge >= 0.3 is 0 Å². The number of H-pyrrole nitrogens is 1. The molecule has 3 aromatic rings. The van der Waals surface area contributed by atoms with Crippen molar-refractivity contribution in [3.63, 3.8) is 0 Å². The summed E-state index contributed by atoms with van der Waals surface area (Å²) in [6.07, 6.45) is 0. The van der Waals surface area contributed by atoms with Crippen LogP contribution in [0.3, 0.4) is 0 Å². The summed E-state index contributed by atoms with van der Waals surface area (Å²) >= 11 is 6.19. The van der Waals surface area contributed by atoms with E-state index in [4.69, 9.17) is 21.1 Å². The molecule has 3 rings (SSSR count). The number of aromatic amines is 1. The third-order valence-electron chi connectivity index (χ3n) is 5.43. The highest BCUT2D eigenvalue weighted by atomic mass is 35.5. The molecule has 0 radical (unpaired) electrons. The molecule has 1 N–H and O–H groups in total. The van der Waals surface area contributed by atoms with Gasteiger partial charge in [0.1, 0.15) is 5.75 Å². The monoisotopic (exact) mass is 396 g/mol. The van der Waals surface area contributed by atoms with E-state index in [2.05, 4.69) is 24.9 Å². The van der Waals surface area contributed by atoms with Gasteiger partial charge in [0, 0.05) is 34.7 Å². The van der Waals surface area contributed by atoms with Crippen LogP contribution in [0.25, 0.3) is 10.9 Å². The van der Waals surface area contributed by atoms with Crippen molar-refractivity contribution in [3.05, 3.63) is 63.8 Å². The first-order chi connectivity index (χ1) is 13.5. The Labute approximate surface area is 171 Å². The molecule has 2 atom stereocenters. The molecule has 5 heteroatoms. The minimum absolute atomic E-state index is 0.208. The zero-order valence-corrected chi connectivity index (χ0v) is 17.4. The van der Waals surface area contributed by atoms with Crippen LogP contribution in [0.4, 0.5) is 0 Å². The summed E-state index contributed by atoms with van der Waals surface area (Å²) in [5.74, 6) is 1.12. The summed E-state index contributed by atoms with van der Waals surface area (Å²) in [5, 5.41) is 10.9. The van der Waals surface area contributed by atoms with Crippen LogP contribution in [0.1, 0.15) is 55.0 Å². The van der Waals surface area contributed by atoms with Gasteiger partial charge in [0.05, 0.1) is 30.4 Å². The van der Waals surface area contributed by atoms with Gasteiger partial charge in [0.2, 0.25) is 0 Å². The number of nitrogens with one attached hydrogen (secondary N) is 1. The number of rotatable bonds is 7. The molecule has 0 saturated carbocycles. The lowest BCUT2D eigenvalue weighted by molar-refractivity contribution is 0.134. The van der Waals surface area contributed by atoms with Crippen LogP contribution in [0.5, 0.6) is 5.75 Å². The Kier molecular flexibility index (Phi) is 6.28. The zero-order chi connectivity index (χ0) is 20.3. The van der Waals surface area contributed by atoms with Crippen molar-refractivity contribution in [3.8, 4) is 11.8 Å². The number of ether oxygens (including phenoxy) is 2. The minimum atomic E-state index is 0.208. The number of nitriles is 1. The van der Waals surface area contributed by atoms with E-state index in [9.17, 15) is 5.26 Å². The van der Waals surface area contributed by atoms with E-state index in [1.807, 2.05) is 43.3 Å². The fourth-order valence-corrected chi connectivity index (χ4v) is 3.79. The Balaban J connectivity index is 2.04. The topological polar surface area (TPSA) is 58.0 Å². The summed E-state index contributed by atoms with van der Waals surface area (Å²) in [6, 6.07) is 13.9. The van der Waals surface area contributed by atoms with Crippen molar-refractivity contribution in [2.75, 3.05) is 13.7 Å². The quantitative estimate of drug-likeness (QED) is 0.521. The number of methoxy groups -OCH3 is 1. The SMILES string of the molecule is CCOCc1c(C(C)C(C)c2ccc(Cl)c(OC)c2)[nH]c2cc(C#N)ccc12. The number of benzene rings is 2. The maximum atomic E-state index is 9.22. The van der Waals surface area contributed by atoms with E-state index in [1.54, 1.807) is 7.11 Å². The second-order valence-electron chi connectivity index (χ2n) is 7.00. The van der Waals surface area contributed by atoms with E-state index in [0.29, 0.717) is 29.5 Å². The first-order valence-corrected chi connectivity index (χ1v) is 9.83. The standard InChI is InChI=1S/C23H25ClN2O2/c1-5-28-13-19-18-8-6-16(12-25)10-21(18)26-23(19)15(3)14(2)17-7-9-20(24)22(11-17)27-4/h6-11,14-15,26H,5,13H2,1-4H3. The van der Waals surface area contributed by atoms with Crippen molar-refractivity contribution < 1.29 is 9.47 Å². The van der Waals surface area contributed by atoms with Crippen LogP contribution in [-0.2, 0) is 11.3 Å². The van der Waals surface area contributed by atoms with Crippen LogP contribution in [-0.4, -0.2) is 18.7 Å². The second kappa shape index (κ2) is 8.68. The molecular formula is C23H25ClN2O2. The molecule has 0 aliphatic rings. The molecule has 0 fully saturated rings. The van der Waals surface area contributed by atoms with Crippen molar-refractivity contribution in [2.45, 2.75) is 39.2 Å². The van der Waals surface area contributed by atoms with Gasteiger partial charge < -0.3 is 14.5 Å². The van der Waals surface area contributed by atoms with Crippen molar-refractivity contribution in [1.29, 1.82) is 5.26 Å². The van der Waals surface area contributed by atoms with Crippen molar-refractivity contribution in [1.82, 2.24) is 4.98 Å². The Hall–Kier alpha value is -2.48. The average molecular weight is 397 g/mol. The lowest BCUT2D eigenvalue weighted by Gasteiger charge is -2.22. The molecule has 2 aromatic carbocycles. The van der Waals surface area contributed by atoms with E-state index in [1.165, 1.54) is 0 Å². The number of fused-ring (bicyclic) bond motifs is 1. The number of aromatic nitrogens is 1. The normalized spacial score (nSPS) is 13.3. The Morgan fingerprint density at radius 1 is 1.14 bits per heavy atom. The lowest BCUT2D eigenvalue weighted by atomic mass is 9.85. The van der Waals surface area contributed by atoms with Crippen molar-refractivity contribution in [2.24, 2.45) is 0 Å². The molecule has 0 aliphatic carbocycles. The van der Waals surface area contributed by atoms with Crippen LogP contribution in [0, 0.1) is 11.3 Å².